The lowest BCUT2D eigenvalue weighted by Crippen LogP contribution is -2.61. The van der Waals surface area contributed by atoms with Crippen LogP contribution in [0.1, 0.15) is 23.3 Å². The molecule has 4 rings (SSSR count). The third-order valence-corrected chi connectivity index (χ3v) is 4.59. The Labute approximate surface area is 129 Å². The number of rotatable bonds is 1. The minimum Gasteiger partial charge on any atom is -0.336 e. The number of hydrogen-bond acceptors (Lipinski definition) is 3. The first-order chi connectivity index (χ1) is 9.76. The summed E-state index contributed by atoms with van der Waals surface area (Å²) >= 11 is 0. The second kappa shape index (κ2) is 5.31. The molecule has 2 aliphatic heterocycles. The average Bonchev–Trinajstić information content (AvgIpc) is 2.88. The highest BCUT2D eigenvalue weighted by Crippen LogP contribution is 2.39. The molecule has 6 heteroatoms. The van der Waals surface area contributed by atoms with Crippen molar-refractivity contribution in [2.24, 2.45) is 5.41 Å². The molecule has 5 nitrogen and oxygen atoms in total. The lowest BCUT2D eigenvalue weighted by atomic mass is 9.72. The minimum absolute atomic E-state index is 0. The second-order valence-corrected chi connectivity index (χ2v) is 6.00. The van der Waals surface area contributed by atoms with Gasteiger partial charge in [-0.25, -0.2) is 4.98 Å². The van der Waals surface area contributed by atoms with Crippen LogP contribution in [0.15, 0.2) is 30.6 Å². The number of aromatic nitrogens is 2. The molecular weight excluding hydrogens is 288 g/mol. The molecule has 21 heavy (non-hydrogen) atoms. The third kappa shape index (κ3) is 2.40. The van der Waals surface area contributed by atoms with E-state index in [-0.39, 0.29) is 18.3 Å². The van der Waals surface area contributed by atoms with Crippen molar-refractivity contribution in [3.63, 3.8) is 0 Å². The number of fused-ring (bicyclic) bond motifs is 1. The summed E-state index contributed by atoms with van der Waals surface area (Å²) in [4.78, 5) is 18.8. The van der Waals surface area contributed by atoms with Gasteiger partial charge in [-0.3, -0.25) is 4.79 Å². The molecule has 0 atom stereocenters. The molecule has 1 amide bonds. The van der Waals surface area contributed by atoms with Gasteiger partial charge in [0.25, 0.3) is 5.91 Å². The number of carbonyl (C=O) groups is 1. The van der Waals surface area contributed by atoms with Gasteiger partial charge in [0.1, 0.15) is 11.3 Å². The van der Waals surface area contributed by atoms with Crippen molar-refractivity contribution in [1.82, 2.24) is 19.6 Å². The lowest BCUT2D eigenvalue weighted by molar-refractivity contribution is -0.0117. The molecule has 1 spiro atoms. The van der Waals surface area contributed by atoms with Crippen molar-refractivity contribution in [3.05, 3.63) is 36.3 Å². The van der Waals surface area contributed by atoms with Crippen LogP contribution in [0.3, 0.4) is 0 Å². The molecule has 2 aromatic heterocycles. The number of carbonyl (C=O) groups excluding carboxylic acids is 1. The molecule has 0 unspecified atom stereocenters. The molecule has 0 bridgehead atoms. The van der Waals surface area contributed by atoms with E-state index in [2.05, 4.69) is 10.3 Å². The molecule has 0 saturated carbocycles. The van der Waals surface area contributed by atoms with E-state index in [1.165, 1.54) is 12.8 Å². The molecule has 2 aliphatic rings. The highest BCUT2D eigenvalue weighted by Gasteiger charge is 2.45. The summed E-state index contributed by atoms with van der Waals surface area (Å²) in [5, 5.41) is 3.38. The maximum Gasteiger partial charge on any atom is 0.274 e. The Hall–Kier alpha value is -1.59. The van der Waals surface area contributed by atoms with Crippen molar-refractivity contribution < 1.29 is 4.79 Å². The fraction of sp³-hybridized carbons (Fsp3) is 0.467. The van der Waals surface area contributed by atoms with Crippen LogP contribution in [-0.4, -0.2) is 46.4 Å². The van der Waals surface area contributed by atoms with Crippen LogP contribution in [0.4, 0.5) is 0 Å². The lowest BCUT2D eigenvalue weighted by Gasteiger charge is -2.52. The predicted octanol–water partition coefficient (Wildman–Crippen LogP) is 1.58. The van der Waals surface area contributed by atoms with Crippen LogP contribution in [-0.2, 0) is 0 Å². The van der Waals surface area contributed by atoms with Crippen molar-refractivity contribution in [2.45, 2.75) is 12.8 Å². The molecule has 2 aromatic rings. The zero-order valence-electron chi connectivity index (χ0n) is 11.8. The SMILES string of the molecule is Cl.O=C(c1cn2ccccc2n1)N1CC2(CCNCC2)C1. The van der Waals surface area contributed by atoms with Crippen molar-refractivity contribution >= 4 is 24.0 Å². The van der Waals surface area contributed by atoms with Gasteiger partial charge < -0.3 is 14.6 Å². The summed E-state index contributed by atoms with van der Waals surface area (Å²) in [7, 11) is 0. The number of nitrogens with zero attached hydrogens (tertiary/aromatic N) is 3. The van der Waals surface area contributed by atoms with Crippen LogP contribution in [0, 0.1) is 5.41 Å². The molecule has 0 aromatic carbocycles. The maximum absolute atomic E-state index is 12.5. The Bertz CT molecular complexity index is 621. The van der Waals surface area contributed by atoms with Gasteiger partial charge in [-0.1, -0.05) is 6.07 Å². The van der Waals surface area contributed by atoms with E-state index in [0.717, 1.165) is 31.8 Å². The Morgan fingerprint density at radius 3 is 2.71 bits per heavy atom. The quantitative estimate of drug-likeness (QED) is 0.870. The van der Waals surface area contributed by atoms with Gasteiger partial charge in [0.05, 0.1) is 0 Å². The van der Waals surface area contributed by atoms with E-state index >= 15 is 0 Å². The van der Waals surface area contributed by atoms with Gasteiger partial charge in [-0.15, -0.1) is 12.4 Å². The topological polar surface area (TPSA) is 49.6 Å². The molecule has 1 N–H and O–H groups in total. The van der Waals surface area contributed by atoms with E-state index in [9.17, 15) is 4.79 Å². The first kappa shape index (κ1) is 14.4. The summed E-state index contributed by atoms with van der Waals surface area (Å²) in [6.07, 6.45) is 6.11. The van der Waals surface area contributed by atoms with Gasteiger partial charge in [-0.05, 0) is 38.1 Å². The van der Waals surface area contributed by atoms with Crippen LogP contribution in [0.2, 0.25) is 0 Å². The number of nitrogens with one attached hydrogen (secondary N) is 1. The van der Waals surface area contributed by atoms with Crippen LogP contribution in [0.5, 0.6) is 0 Å². The number of amides is 1. The van der Waals surface area contributed by atoms with E-state index < -0.39 is 0 Å². The molecule has 2 fully saturated rings. The van der Waals surface area contributed by atoms with Crippen molar-refractivity contribution in [3.8, 4) is 0 Å². The number of likely N-dealkylation sites (tertiary alicyclic amines) is 1. The van der Waals surface area contributed by atoms with Crippen LogP contribution in [0.25, 0.3) is 5.65 Å². The first-order valence-electron chi connectivity index (χ1n) is 7.20. The fourth-order valence-electron chi connectivity index (χ4n) is 3.38. The van der Waals surface area contributed by atoms with Gasteiger partial charge in [0, 0.05) is 30.9 Å². The first-order valence-corrected chi connectivity index (χ1v) is 7.20. The number of piperidine rings is 1. The Kier molecular flexibility index (Phi) is 3.63. The highest BCUT2D eigenvalue weighted by molar-refractivity contribution is 5.93. The van der Waals surface area contributed by atoms with Gasteiger partial charge in [0.2, 0.25) is 0 Å². The Morgan fingerprint density at radius 2 is 2.00 bits per heavy atom. The third-order valence-electron chi connectivity index (χ3n) is 4.59. The van der Waals surface area contributed by atoms with E-state index in [4.69, 9.17) is 0 Å². The van der Waals surface area contributed by atoms with E-state index in [1.807, 2.05) is 39.9 Å². The molecule has 0 radical (unpaired) electrons. The standard InChI is InChI=1S/C15H18N4O.ClH/c20-14(12-9-18-8-2-1-3-13(18)17-12)19-10-15(11-19)4-6-16-7-5-15;/h1-3,8-9,16H,4-7,10-11H2;1H. The number of imidazole rings is 1. The smallest absolute Gasteiger partial charge is 0.274 e. The fourth-order valence-corrected chi connectivity index (χ4v) is 3.38. The van der Waals surface area contributed by atoms with Gasteiger partial charge in [0.15, 0.2) is 0 Å². The summed E-state index contributed by atoms with van der Waals surface area (Å²) < 4.78 is 1.90. The van der Waals surface area contributed by atoms with Crippen LogP contribution >= 0.6 is 12.4 Å². The summed E-state index contributed by atoms with van der Waals surface area (Å²) in [6.45, 7) is 3.94. The largest absolute Gasteiger partial charge is 0.336 e. The molecule has 0 aliphatic carbocycles. The zero-order valence-corrected chi connectivity index (χ0v) is 12.6. The molecule has 112 valence electrons. The number of pyridine rings is 1. The number of halogens is 1. The molecular formula is C15H19ClN4O. The number of hydrogen-bond donors (Lipinski definition) is 1. The Morgan fingerprint density at radius 1 is 1.24 bits per heavy atom. The average molecular weight is 307 g/mol. The van der Waals surface area contributed by atoms with Crippen molar-refractivity contribution in [2.75, 3.05) is 26.2 Å². The molecule has 4 heterocycles. The van der Waals surface area contributed by atoms with Gasteiger partial charge >= 0.3 is 0 Å². The van der Waals surface area contributed by atoms with E-state index in [0.29, 0.717) is 11.1 Å². The highest BCUT2D eigenvalue weighted by atomic mass is 35.5. The zero-order chi connectivity index (χ0) is 13.6. The summed E-state index contributed by atoms with van der Waals surface area (Å²) in [6, 6.07) is 5.79. The predicted molar refractivity (Wildman–Crippen MR) is 82.9 cm³/mol. The van der Waals surface area contributed by atoms with Crippen molar-refractivity contribution in [1.29, 1.82) is 0 Å². The Balaban J connectivity index is 0.00000132. The summed E-state index contributed by atoms with van der Waals surface area (Å²) in [5.41, 5.74) is 1.76. The van der Waals surface area contributed by atoms with E-state index in [1.54, 1.807) is 0 Å². The van der Waals surface area contributed by atoms with Gasteiger partial charge in [-0.2, -0.15) is 0 Å². The minimum atomic E-state index is 0. The normalized spacial score (nSPS) is 20.1. The second-order valence-electron chi connectivity index (χ2n) is 6.00. The monoisotopic (exact) mass is 306 g/mol. The maximum atomic E-state index is 12.5. The van der Waals surface area contributed by atoms with Crippen LogP contribution < -0.4 is 5.32 Å². The molecule has 2 saturated heterocycles. The summed E-state index contributed by atoms with van der Waals surface area (Å²) in [5.74, 6) is 0.0675.